The van der Waals surface area contributed by atoms with Crippen molar-refractivity contribution >= 4 is 31.5 Å². The Balaban J connectivity index is 1.38. The number of hydrogen-bond donors (Lipinski definition) is 1. The van der Waals surface area contributed by atoms with Crippen molar-refractivity contribution in [2.75, 3.05) is 45.9 Å². The summed E-state index contributed by atoms with van der Waals surface area (Å²) in [6, 6.07) is 22.0. The summed E-state index contributed by atoms with van der Waals surface area (Å²) in [6.45, 7) is 4.02. The van der Waals surface area contributed by atoms with E-state index in [1.165, 1.54) is 13.1 Å². The van der Waals surface area contributed by atoms with Crippen molar-refractivity contribution in [2.24, 2.45) is 0 Å². The molecule has 0 fully saturated rings. The van der Waals surface area contributed by atoms with E-state index in [2.05, 4.69) is 10.8 Å². The lowest BCUT2D eigenvalue weighted by Crippen LogP contribution is -2.30. The molecule has 1 aliphatic rings. The summed E-state index contributed by atoms with van der Waals surface area (Å²) in [5.41, 5.74) is 5.44. The standard InChI is InChI=1S/C35H39ClN2O8S2/c1-24-27(8-6-10-30(24)26-11-12-32-35(19-26)44-15-14-43-32)23-46-34-20-33(45-22-25-7-5-9-29(17-25)47(4,39)40)28(18-31(34)36)21-38(3)13-16-48(41,42)37-2/h5-12,17-20,37H,13-16,21-23H2,1-4H3. The van der Waals surface area contributed by atoms with Crippen LogP contribution in [0, 0.1) is 6.92 Å². The zero-order valence-electron chi connectivity index (χ0n) is 27.3. The molecule has 5 rings (SSSR count). The predicted molar refractivity (Wildman–Crippen MR) is 186 cm³/mol. The van der Waals surface area contributed by atoms with Gasteiger partial charge in [-0.2, -0.15) is 0 Å². The van der Waals surface area contributed by atoms with Gasteiger partial charge in [0.15, 0.2) is 21.3 Å². The van der Waals surface area contributed by atoms with Crippen molar-refractivity contribution in [1.29, 1.82) is 0 Å². The van der Waals surface area contributed by atoms with Crippen LogP contribution >= 0.6 is 11.6 Å². The summed E-state index contributed by atoms with van der Waals surface area (Å²) in [5, 5.41) is 0.369. The summed E-state index contributed by atoms with van der Waals surface area (Å²) in [4.78, 5) is 2.05. The van der Waals surface area contributed by atoms with Gasteiger partial charge in [0, 0.05) is 31.0 Å². The van der Waals surface area contributed by atoms with Crippen LogP contribution in [0.4, 0.5) is 0 Å². The maximum atomic E-state index is 12.1. The largest absolute Gasteiger partial charge is 0.488 e. The molecule has 48 heavy (non-hydrogen) atoms. The fraction of sp³-hybridized carbons (Fsp3) is 0.314. The van der Waals surface area contributed by atoms with E-state index < -0.39 is 19.9 Å². The van der Waals surface area contributed by atoms with E-state index in [0.717, 1.165) is 40.0 Å². The second-order valence-corrected chi connectivity index (χ2v) is 16.1. The van der Waals surface area contributed by atoms with E-state index in [9.17, 15) is 16.8 Å². The third-order valence-corrected chi connectivity index (χ3v) is 10.8. The number of ether oxygens (including phenoxy) is 4. The molecule has 0 saturated heterocycles. The fourth-order valence-electron chi connectivity index (χ4n) is 5.24. The van der Waals surface area contributed by atoms with Crippen LogP contribution in [0.2, 0.25) is 5.02 Å². The van der Waals surface area contributed by atoms with Crippen LogP contribution in [0.1, 0.15) is 22.3 Å². The molecule has 10 nitrogen and oxygen atoms in total. The van der Waals surface area contributed by atoms with E-state index in [1.807, 2.05) is 42.2 Å². The highest BCUT2D eigenvalue weighted by molar-refractivity contribution is 7.90. The fourth-order valence-corrected chi connectivity index (χ4v) is 6.93. The third-order valence-electron chi connectivity index (χ3n) is 8.01. The molecule has 0 aliphatic carbocycles. The van der Waals surface area contributed by atoms with E-state index in [4.69, 9.17) is 30.5 Å². The van der Waals surface area contributed by atoms with Crippen LogP contribution in [0.25, 0.3) is 11.1 Å². The molecule has 0 bridgehead atoms. The molecule has 0 spiro atoms. The third kappa shape index (κ3) is 9.00. The smallest absolute Gasteiger partial charge is 0.212 e. The van der Waals surface area contributed by atoms with Gasteiger partial charge in [-0.25, -0.2) is 21.6 Å². The number of fused-ring (bicyclic) bond motifs is 1. The number of sulfone groups is 1. The Bertz CT molecular complexity index is 2000. The van der Waals surface area contributed by atoms with Crippen LogP contribution in [0.3, 0.4) is 0 Å². The van der Waals surface area contributed by atoms with Gasteiger partial charge < -0.3 is 23.8 Å². The lowest BCUT2D eigenvalue weighted by atomic mass is 9.96. The number of sulfonamides is 1. The van der Waals surface area contributed by atoms with Crippen molar-refractivity contribution in [2.45, 2.75) is 31.6 Å². The highest BCUT2D eigenvalue weighted by Gasteiger charge is 2.18. The van der Waals surface area contributed by atoms with Crippen LogP contribution in [0.5, 0.6) is 23.0 Å². The molecule has 0 aromatic heterocycles. The monoisotopic (exact) mass is 714 g/mol. The number of nitrogens with zero attached hydrogens (tertiary/aromatic N) is 1. The summed E-state index contributed by atoms with van der Waals surface area (Å²) in [6.07, 6.45) is 1.16. The minimum atomic E-state index is -3.39. The average molecular weight is 715 g/mol. The second-order valence-electron chi connectivity index (χ2n) is 11.6. The van der Waals surface area contributed by atoms with Gasteiger partial charge in [-0.05, 0) is 79.2 Å². The first-order valence-electron chi connectivity index (χ1n) is 15.3. The Labute approximate surface area is 287 Å². The number of rotatable bonds is 14. The number of hydrogen-bond acceptors (Lipinski definition) is 9. The van der Waals surface area contributed by atoms with Gasteiger partial charge in [0.2, 0.25) is 10.0 Å². The predicted octanol–water partition coefficient (Wildman–Crippen LogP) is 5.63. The Kier molecular flexibility index (Phi) is 11.2. The van der Waals surface area contributed by atoms with Gasteiger partial charge in [0.05, 0.1) is 15.7 Å². The molecule has 0 atom stereocenters. The van der Waals surface area contributed by atoms with Crippen molar-refractivity contribution < 1.29 is 35.8 Å². The first kappa shape index (κ1) is 35.5. The molecular formula is C35H39ClN2O8S2. The van der Waals surface area contributed by atoms with E-state index in [-0.39, 0.29) is 30.4 Å². The lowest BCUT2D eigenvalue weighted by molar-refractivity contribution is 0.171. The lowest BCUT2D eigenvalue weighted by Gasteiger charge is -2.21. The maximum absolute atomic E-state index is 12.1. The van der Waals surface area contributed by atoms with Gasteiger partial charge in [-0.1, -0.05) is 48.0 Å². The molecule has 1 heterocycles. The molecule has 1 aliphatic heterocycles. The van der Waals surface area contributed by atoms with Crippen LogP contribution in [-0.4, -0.2) is 67.6 Å². The van der Waals surface area contributed by atoms with Gasteiger partial charge in [-0.15, -0.1) is 0 Å². The first-order chi connectivity index (χ1) is 22.8. The Morgan fingerprint density at radius 3 is 2.33 bits per heavy atom. The van der Waals surface area contributed by atoms with Gasteiger partial charge >= 0.3 is 0 Å². The zero-order chi connectivity index (χ0) is 34.5. The molecule has 0 saturated carbocycles. The maximum Gasteiger partial charge on any atom is 0.212 e. The van der Waals surface area contributed by atoms with Crippen molar-refractivity contribution in [3.05, 3.63) is 100 Å². The minimum absolute atomic E-state index is 0.0753. The zero-order valence-corrected chi connectivity index (χ0v) is 29.7. The van der Waals surface area contributed by atoms with Crippen LogP contribution in [-0.2, 0) is 39.6 Å². The van der Waals surface area contributed by atoms with Crippen LogP contribution < -0.4 is 23.7 Å². The van der Waals surface area contributed by atoms with E-state index in [1.54, 1.807) is 37.4 Å². The molecule has 0 amide bonds. The highest BCUT2D eigenvalue weighted by Crippen LogP contribution is 2.38. The van der Waals surface area contributed by atoms with Crippen molar-refractivity contribution in [3.8, 4) is 34.1 Å². The number of nitrogens with one attached hydrogen (secondary N) is 1. The Morgan fingerprint density at radius 2 is 1.58 bits per heavy atom. The molecule has 4 aromatic carbocycles. The Morgan fingerprint density at radius 1 is 0.854 bits per heavy atom. The quantitative estimate of drug-likeness (QED) is 0.177. The average Bonchev–Trinajstić information content (AvgIpc) is 3.06. The van der Waals surface area contributed by atoms with Crippen molar-refractivity contribution in [3.63, 3.8) is 0 Å². The minimum Gasteiger partial charge on any atom is -0.488 e. The van der Waals surface area contributed by atoms with E-state index >= 15 is 0 Å². The molecule has 1 N–H and O–H groups in total. The van der Waals surface area contributed by atoms with Crippen LogP contribution in [0.15, 0.2) is 77.7 Å². The molecule has 256 valence electrons. The highest BCUT2D eigenvalue weighted by atomic mass is 35.5. The molecule has 4 aromatic rings. The summed E-state index contributed by atoms with van der Waals surface area (Å²) in [5.74, 6) is 2.26. The van der Waals surface area contributed by atoms with E-state index in [0.29, 0.717) is 47.4 Å². The van der Waals surface area contributed by atoms with Gasteiger partial charge in [-0.3, -0.25) is 0 Å². The topological polar surface area (TPSA) is 120 Å². The van der Waals surface area contributed by atoms with Gasteiger partial charge in [0.25, 0.3) is 0 Å². The first-order valence-corrected chi connectivity index (χ1v) is 19.2. The summed E-state index contributed by atoms with van der Waals surface area (Å²) in [7, 11) is -3.59. The second kappa shape index (κ2) is 15.2. The molecular weight excluding hydrogens is 676 g/mol. The number of halogens is 1. The van der Waals surface area contributed by atoms with Crippen molar-refractivity contribution in [1.82, 2.24) is 9.62 Å². The number of benzene rings is 4. The molecule has 0 unspecified atom stereocenters. The summed E-state index contributed by atoms with van der Waals surface area (Å²) < 4.78 is 74.5. The Hall–Kier alpha value is -3.81. The normalized spacial score (nSPS) is 13.0. The molecule has 0 radical (unpaired) electrons. The summed E-state index contributed by atoms with van der Waals surface area (Å²) >= 11 is 6.75. The van der Waals surface area contributed by atoms with Gasteiger partial charge in [0.1, 0.15) is 37.9 Å². The SMILES string of the molecule is CNS(=O)(=O)CCN(C)Cc1cc(Cl)c(OCc2cccc(-c3ccc4c(c3)OCCO4)c2C)cc1OCc1cccc(S(C)(=O)=O)c1. The molecule has 13 heteroatoms.